The smallest absolute Gasteiger partial charge is 0.155 e. The van der Waals surface area contributed by atoms with Crippen molar-refractivity contribution in [2.75, 3.05) is 12.4 Å². The molecule has 1 fully saturated rings. The molecule has 1 N–H and O–H groups in total. The molecule has 0 aromatic rings. The Labute approximate surface area is 54.6 Å². The van der Waals surface area contributed by atoms with Crippen LogP contribution in [0.15, 0.2) is 0 Å². The lowest BCUT2D eigenvalue weighted by Crippen LogP contribution is -2.19. The van der Waals surface area contributed by atoms with Crippen LogP contribution >= 0.6 is 0 Å². The van der Waals surface area contributed by atoms with Crippen molar-refractivity contribution in [1.82, 2.24) is 0 Å². The maximum Gasteiger partial charge on any atom is 0.155 e. The van der Waals surface area contributed by atoms with Crippen LogP contribution in [0.5, 0.6) is 0 Å². The van der Waals surface area contributed by atoms with Gasteiger partial charge in [0, 0.05) is 0 Å². The molecule has 1 atom stereocenters. The monoisotopic (exact) mass is 150 g/mol. The summed E-state index contributed by atoms with van der Waals surface area (Å²) in [5, 5.41) is 8.06. The summed E-state index contributed by atoms with van der Waals surface area (Å²) in [7, 11) is -2.89. The van der Waals surface area contributed by atoms with Crippen LogP contribution < -0.4 is 0 Å². The molecule has 4 heteroatoms. The van der Waals surface area contributed by atoms with Gasteiger partial charge in [-0.3, -0.25) is 0 Å². The lowest BCUT2D eigenvalue weighted by molar-refractivity contribution is 0.289. The Bertz CT molecular complexity index is 182. The van der Waals surface area contributed by atoms with Gasteiger partial charge >= 0.3 is 0 Å². The molecule has 0 bridgehead atoms. The molecule has 0 radical (unpaired) electrons. The van der Waals surface area contributed by atoms with Crippen LogP contribution in [0.4, 0.5) is 0 Å². The van der Waals surface area contributed by atoms with E-state index in [1.165, 1.54) is 0 Å². The first kappa shape index (κ1) is 7.02. The van der Waals surface area contributed by atoms with Crippen LogP contribution in [0, 0.1) is 0 Å². The molecular formula is C5H10O3S. The van der Waals surface area contributed by atoms with Crippen molar-refractivity contribution in [2.24, 2.45) is 0 Å². The fourth-order valence-electron chi connectivity index (χ4n) is 1.06. The first-order chi connectivity index (χ1) is 4.17. The van der Waals surface area contributed by atoms with E-state index in [1.807, 2.05) is 0 Å². The average Bonchev–Trinajstić information content (AvgIpc) is 2.08. The minimum absolute atomic E-state index is 0.206. The van der Waals surface area contributed by atoms with Crippen molar-refractivity contribution in [1.29, 1.82) is 0 Å². The van der Waals surface area contributed by atoms with E-state index < -0.39 is 15.1 Å². The van der Waals surface area contributed by atoms with E-state index >= 15 is 0 Å². The maximum absolute atomic E-state index is 10.8. The van der Waals surface area contributed by atoms with Crippen molar-refractivity contribution in [3.8, 4) is 0 Å². The minimum Gasteiger partial charge on any atom is -0.395 e. The van der Waals surface area contributed by atoms with Gasteiger partial charge in [-0.15, -0.1) is 0 Å². The molecule has 0 saturated carbocycles. The quantitative estimate of drug-likeness (QED) is 0.551. The van der Waals surface area contributed by atoms with Gasteiger partial charge in [0.25, 0.3) is 0 Å². The van der Waals surface area contributed by atoms with Gasteiger partial charge in [0.1, 0.15) is 0 Å². The molecule has 1 aliphatic rings. The van der Waals surface area contributed by atoms with Gasteiger partial charge < -0.3 is 5.11 Å². The Morgan fingerprint density at radius 3 is 2.44 bits per heavy atom. The van der Waals surface area contributed by atoms with Crippen LogP contribution in [0.25, 0.3) is 0 Å². The summed E-state index contributed by atoms with van der Waals surface area (Å²) in [4.78, 5) is 0. The van der Waals surface area contributed by atoms with Crippen LogP contribution in [-0.4, -0.2) is 31.1 Å². The third kappa shape index (κ3) is 1.24. The van der Waals surface area contributed by atoms with E-state index in [9.17, 15) is 8.42 Å². The first-order valence-electron chi connectivity index (χ1n) is 2.99. The molecular weight excluding hydrogens is 140 g/mol. The summed E-state index contributed by atoms with van der Waals surface area (Å²) in [6, 6.07) is 0. The molecule has 0 aromatic heterocycles. The lowest BCUT2D eigenvalue weighted by atomic mass is 10.3. The summed E-state index contributed by atoms with van der Waals surface area (Å²) in [5.74, 6) is 0.262. The Morgan fingerprint density at radius 2 is 2.22 bits per heavy atom. The van der Waals surface area contributed by atoms with Crippen molar-refractivity contribution >= 4 is 9.84 Å². The van der Waals surface area contributed by atoms with Gasteiger partial charge in [0.05, 0.1) is 17.6 Å². The van der Waals surface area contributed by atoms with Gasteiger partial charge in [0.15, 0.2) is 9.84 Å². The molecule has 1 rings (SSSR count). The molecule has 1 unspecified atom stereocenters. The minimum atomic E-state index is -2.89. The fraction of sp³-hybridized carbons (Fsp3) is 1.00. The topological polar surface area (TPSA) is 54.4 Å². The molecule has 9 heavy (non-hydrogen) atoms. The molecule has 1 aliphatic heterocycles. The van der Waals surface area contributed by atoms with Gasteiger partial charge in [-0.2, -0.15) is 0 Å². The highest BCUT2D eigenvalue weighted by Crippen LogP contribution is 2.18. The van der Waals surface area contributed by atoms with E-state index in [0.717, 1.165) is 0 Å². The largest absolute Gasteiger partial charge is 0.395 e. The third-order valence-corrected chi connectivity index (χ3v) is 3.92. The SMILES string of the molecule is O=S1(=O)CCCC1CO. The number of aliphatic hydroxyl groups is 1. The predicted octanol–water partition coefficient (Wildman–Crippen LogP) is -0.444. The second-order valence-electron chi connectivity index (χ2n) is 2.31. The van der Waals surface area contributed by atoms with Gasteiger partial charge in [0.2, 0.25) is 0 Å². The Kier molecular flexibility index (Phi) is 1.77. The highest BCUT2D eigenvalue weighted by Gasteiger charge is 2.29. The van der Waals surface area contributed by atoms with E-state index in [-0.39, 0.29) is 12.4 Å². The highest BCUT2D eigenvalue weighted by molar-refractivity contribution is 7.92. The normalized spacial score (nSPS) is 32.8. The van der Waals surface area contributed by atoms with E-state index in [1.54, 1.807) is 0 Å². The number of sulfone groups is 1. The highest BCUT2D eigenvalue weighted by atomic mass is 32.2. The molecule has 54 valence electrons. The Morgan fingerprint density at radius 1 is 1.56 bits per heavy atom. The fourth-order valence-corrected chi connectivity index (χ4v) is 2.72. The zero-order valence-corrected chi connectivity index (χ0v) is 5.89. The maximum atomic E-state index is 10.8. The molecule has 0 amide bonds. The van der Waals surface area contributed by atoms with Crippen LogP contribution in [0.2, 0.25) is 0 Å². The van der Waals surface area contributed by atoms with E-state index in [4.69, 9.17) is 5.11 Å². The number of hydrogen-bond acceptors (Lipinski definition) is 3. The predicted molar refractivity (Wildman–Crippen MR) is 33.9 cm³/mol. The van der Waals surface area contributed by atoms with Crippen LogP contribution in [0.3, 0.4) is 0 Å². The zero-order valence-electron chi connectivity index (χ0n) is 5.08. The second kappa shape index (κ2) is 2.27. The van der Waals surface area contributed by atoms with Crippen molar-refractivity contribution in [3.63, 3.8) is 0 Å². The third-order valence-electron chi connectivity index (χ3n) is 1.67. The molecule has 0 aliphatic carbocycles. The standard InChI is InChI=1S/C5H10O3S/c6-4-5-2-1-3-9(5,7)8/h5-6H,1-4H2. The molecule has 1 heterocycles. The molecule has 0 spiro atoms. The Hall–Kier alpha value is -0.0900. The second-order valence-corrected chi connectivity index (χ2v) is 4.71. The van der Waals surface area contributed by atoms with Crippen molar-refractivity contribution in [3.05, 3.63) is 0 Å². The van der Waals surface area contributed by atoms with Crippen LogP contribution in [0.1, 0.15) is 12.8 Å². The number of rotatable bonds is 1. The first-order valence-corrected chi connectivity index (χ1v) is 4.71. The number of aliphatic hydroxyl groups excluding tert-OH is 1. The molecule has 3 nitrogen and oxygen atoms in total. The summed E-state index contributed by atoms with van der Waals surface area (Å²) in [6.07, 6.45) is 1.35. The van der Waals surface area contributed by atoms with Gasteiger partial charge in [-0.05, 0) is 12.8 Å². The average molecular weight is 150 g/mol. The van der Waals surface area contributed by atoms with Crippen LogP contribution in [-0.2, 0) is 9.84 Å². The summed E-state index contributed by atoms with van der Waals surface area (Å²) >= 11 is 0. The Balaban J connectivity index is 2.75. The van der Waals surface area contributed by atoms with Gasteiger partial charge in [-0.25, -0.2) is 8.42 Å². The molecule has 1 saturated heterocycles. The van der Waals surface area contributed by atoms with E-state index in [2.05, 4.69) is 0 Å². The van der Waals surface area contributed by atoms with E-state index in [0.29, 0.717) is 12.8 Å². The summed E-state index contributed by atoms with van der Waals surface area (Å²) in [5.41, 5.74) is 0. The lowest BCUT2D eigenvalue weighted by Gasteiger charge is -2.01. The van der Waals surface area contributed by atoms with Crippen molar-refractivity contribution in [2.45, 2.75) is 18.1 Å². The summed E-state index contributed by atoms with van der Waals surface area (Å²) < 4.78 is 21.7. The van der Waals surface area contributed by atoms with Crippen molar-refractivity contribution < 1.29 is 13.5 Å². The summed E-state index contributed by atoms with van der Waals surface area (Å²) in [6.45, 7) is -0.206. The number of hydrogen-bond donors (Lipinski definition) is 1. The zero-order chi connectivity index (χ0) is 6.91. The molecule has 0 aromatic carbocycles. The van der Waals surface area contributed by atoms with Gasteiger partial charge in [-0.1, -0.05) is 0 Å².